The molecular formula is C29H36O4S4. The van der Waals surface area contributed by atoms with Crippen LogP contribution in [0.2, 0.25) is 0 Å². The van der Waals surface area contributed by atoms with Crippen LogP contribution < -0.4 is 0 Å². The quantitative estimate of drug-likeness (QED) is 0.0658. The van der Waals surface area contributed by atoms with E-state index < -0.39 is 0 Å². The van der Waals surface area contributed by atoms with Crippen LogP contribution in [0.15, 0.2) is 82.6 Å². The molecule has 0 aliphatic heterocycles. The largest absolute Gasteiger partial charge is 0.461 e. The zero-order valence-corrected chi connectivity index (χ0v) is 25.3. The molecule has 2 aromatic rings. The number of carbonyl (C=O) groups excluding carboxylic acids is 2. The molecule has 2 unspecified atom stereocenters. The van der Waals surface area contributed by atoms with Crippen molar-refractivity contribution < 1.29 is 19.1 Å². The van der Waals surface area contributed by atoms with E-state index in [2.05, 4.69) is 75.5 Å². The first kappa shape index (κ1) is 31.5. The second-order valence-electron chi connectivity index (χ2n) is 8.41. The van der Waals surface area contributed by atoms with Gasteiger partial charge in [-0.1, -0.05) is 37.4 Å². The maximum atomic E-state index is 11.4. The summed E-state index contributed by atoms with van der Waals surface area (Å²) >= 11 is 7.17. The first-order chi connectivity index (χ1) is 17.6. The van der Waals surface area contributed by atoms with Crippen LogP contribution >= 0.6 is 47.0 Å². The Kier molecular flexibility index (Phi) is 14.4. The highest BCUT2D eigenvalue weighted by Crippen LogP contribution is 2.32. The summed E-state index contributed by atoms with van der Waals surface area (Å²) in [5.74, 6) is 0.882. The molecule has 2 rings (SSSR count). The fourth-order valence-corrected chi connectivity index (χ4v) is 7.17. The Labute approximate surface area is 238 Å². The molecule has 0 amide bonds. The molecule has 4 nitrogen and oxygen atoms in total. The smallest absolute Gasteiger partial charge is 0.333 e. The molecular weight excluding hydrogens is 541 g/mol. The molecule has 0 saturated heterocycles. The maximum Gasteiger partial charge on any atom is 0.333 e. The number of thioether (sulfide) groups is 4. The van der Waals surface area contributed by atoms with E-state index in [-0.39, 0.29) is 11.9 Å². The molecule has 2 atom stereocenters. The number of hydrogen-bond donors (Lipinski definition) is 0. The Morgan fingerprint density at radius 1 is 0.703 bits per heavy atom. The minimum absolute atomic E-state index is 0.325. The molecule has 0 aliphatic rings. The molecule has 0 spiro atoms. The van der Waals surface area contributed by atoms with E-state index in [1.807, 2.05) is 23.5 Å². The molecule has 200 valence electrons. The van der Waals surface area contributed by atoms with Crippen molar-refractivity contribution in [1.29, 1.82) is 0 Å². The summed E-state index contributed by atoms with van der Waals surface area (Å²) in [6.07, 6.45) is 0.896. The van der Waals surface area contributed by atoms with Crippen molar-refractivity contribution in [3.05, 3.63) is 84.0 Å². The predicted molar refractivity (Wildman–Crippen MR) is 163 cm³/mol. The number of hydrogen-bond acceptors (Lipinski definition) is 8. The molecule has 0 heterocycles. The number of carbonyl (C=O) groups is 2. The summed E-state index contributed by atoms with van der Waals surface area (Å²) in [4.78, 5) is 25.3. The second-order valence-corrected chi connectivity index (χ2v) is 14.7. The normalized spacial score (nSPS) is 12.4. The van der Waals surface area contributed by atoms with Gasteiger partial charge in [0.05, 0.1) is 9.16 Å². The van der Waals surface area contributed by atoms with Gasteiger partial charge in [-0.3, -0.25) is 0 Å². The lowest BCUT2D eigenvalue weighted by molar-refractivity contribution is -0.139. The Morgan fingerprint density at radius 3 is 1.38 bits per heavy atom. The third kappa shape index (κ3) is 13.1. The Bertz CT molecular complexity index is 951. The number of esters is 2. The highest BCUT2D eigenvalue weighted by molar-refractivity contribution is 8.17. The van der Waals surface area contributed by atoms with Crippen molar-refractivity contribution in [2.24, 2.45) is 0 Å². The van der Waals surface area contributed by atoms with Gasteiger partial charge in [0.25, 0.3) is 0 Å². The average molecular weight is 577 g/mol. The van der Waals surface area contributed by atoms with Crippen molar-refractivity contribution in [1.82, 2.24) is 0 Å². The van der Waals surface area contributed by atoms with E-state index in [0.29, 0.717) is 33.5 Å². The number of rotatable bonds is 16. The first-order valence-corrected chi connectivity index (χ1v) is 15.9. The van der Waals surface area contributed by atoms with Gasteiger partial charge in [0.1, 0.15) is 13.2 Å². The fraction of sp³-hybridized carbons (Fsp3) is 0.379. The topological polar surface area (TPSA) is 52.6 Å². The zero-order chi connectivity index (χ0) is 27.2. The molecule has 0 fully saturated rings. The van der Waals surface area contributed by atoms with E-state index >= 15 is 0 Å². The van der Waals surface area contributed by atoms with Gasteiger partial charge in [0.15, 0.2) is 0 Å². The standard InChI is InChI=1S/C29H36O4S4/c1-20(2)28(30)32-15-17-34-22(5)36-26-11-7-24(8-12-26)19-25-9-13-27(14-10-25)37-23(6)35-18-16-33-29(31)21(3)4/h7-14,22-23H,1,3,15-19H2,2,4-6H3. The zero-order valence-electron chi connectivity index (χ0n) is 22.0. The van der Waals surface area contributed by atoms with Crippen LogP contribution in [0.4, 0.5) is 0 Å². The van der Waals surface area contributed by atoms with Crippen LogP contribution in [-0.4, -0.2) is 45.8 Å². The van der Waals surface area contributed by atoms with E-state index in [4.69, 9.17) is 9.47 Å². The highest BCUT2D eigenvalue weighted by Gasteiger charge is 2.09. The van der Waals surface area contributed by atoms with Gasteiger partial charge in [0, 0.05) is 32.4 Å². The molecule has 2 aromatic carbocycles. The van der Waals surface area contributed by atoms with Crippen LogP contribution in [-0.2, 0) is 25.5 Å². The Balaban J connectivity index is 1.71. The minimum Gasteiger partial charge on any atom is -0.461 e. The molecule has 0 bridgehead atoms. The minimum atomic E-state index is -0.325. The number of ether oxygens (including phenoxy) is 2. The number of benzene rings is 2. The fourth-order valence-electron chi connectivity index (χ4n) is 3.00. The van der Waals surface area contributed by atoms with Gasteiger partial charge in [-0.15, -0.1) is 47.0 Å². The molecule has 0 aromatic heterocycles. The molecule has 0 aliphatic carbocycles. The highest BCUT2D eigenvalue weighted by atomic mass is 32.2. The van der Waals surface area contributed by atoms with E-state index in [9.17, 15) is 9.59 Å². The summed E-state index contributed by atoms with van der Waals surface area (Å²) < 4.78 is 11.0. The van der Waals surface area contributed by atoms with Gasteiger partial charge >= 0.3 is 11.9 Å². The van der Waals surface area contributed by atoms with Gasteiger partial charge in [0.2, 0.25) is 0 Å². The average Bonchev–Trinajstić information content (AvgIpc) is 2.86. The SMILES string of the molecule is C=C(C)C(=O)OCCSC(C)Sc1ccc(Cc2ccc(SC(C)SCCOC(=O)C(=C)C)cc2)cc1. The Hall–Kier alpha value is -1.74. The summed E-state index contributed by atoms with van der Waals surface area (Å²) in [5.41, 5.74) is 3.43. The summed E-state index contributed by atoms with van der Waals surface area (Å²) in [5, 5.41) is 0. The summed E-state index contributed by atoms with van der Waals surface area (Å²) in [6, 6.07) is 17.5. The van der Waals surface area contributed by atoms with Crippen molar-refractivity contribution in [3.8, 4) is 0 Å². The second kappa shape index (κ2) is 17.0. The van der Waals surface area contributed by atoms with Crippen molar-refractivity contribution in [2.75, 3.05) is 24.7 Å². The van der Waals surface area contributed by atoms with Gasteiger partial charge in [-0.05, 0) is 69.5 Å². The third-order valence-corrected chi connectivity index (χ3v) is 9.78. The summed E-state index contributed by atoms with van der Waals surface area (Å²) in [7, 11) is 0. The van der Waals surface area contributed by atoms with Crippen LogP contribution in [0.1, 0.15) is 38.8 Å². The van der Waals surface area contributed by atoms with Crippen molar-refractivity contribution in [3.63, 3.8) is 0 Å². The molecule has 0 saturated carbocycles. The predicted octanol–water partition coefficient (Wildman–Crippen LogP) is 7.86. The molecule has 8 heteroatoms. The lowest BCUT2D eigenvalue weighted by Gasteiger charge is -2.12. The van der Waals surface area contributed by atoms with Gasteiger partial charge in [-0.2, -0.15) is 0 Å². The van der Waals surface area contributed by atoms with E-state index in [1.165, 1.54) is 20.9 Å². The van der Waals surface area contributed by atoms with Crippen molar-refractivity contribution in [2.45, 2.75) is 53.1 Å². The van der Waals surface area contributed by atoms with Crippen LogP contribution in [0.3, 0.4) is 0 Å². The lowest BCUT2D eigenvalue weighted by Crippen LogP contribution is -2.08. The van der Waals surface area contributed by atoms with Crippen LogP contribution in [0.5, 0.6) is 0 Å². The lowest BCUT2D eigenvalue weighted by atomic mass is 10.1. The van der Waals surface area contributed by atoms with E-state index in [1.54, 1.807) is 37.4 Å². The molecule has 0 N–H and O–H groups in total. The summed E-state index contributed by atoms with van der Waals surface area (Å²) in [6.45, 7) is 15.6. The molecule has 37 heavy (non-hydrogen) atoms. The maximum absolute atomic E-state index is 11.4. The first-order valence-electron chi connectivity index (χ1n) is 12.0. The Morgan fingerprint density at radius 2 is 1.05 bits per heavy atom. The monoisotopic (exact) mass is 576 g/mol. The van der Waals surface area contributed by atoms with E-state index in [0.717, 1.165) is 17.9 Å². The van der Waals surface area contributed by atoms with Crippen LogP contribution in [0, 0.1) is 0 Å². The third-order valence-electron chi connectivity index (χ3n) is 4.89. The molecule has 0 radical (unpaired) electrons. The van der Waals surface area contributed by atoms with Gasteiger partial charge < -0.3 is 9.47 Å². The van der Waals surface area contributed by atoms with Crippen molar-refractivity contribution >= 4 is 59.0 Å². The van der Waals surface area contributed by atoms with Crippen LogP contribution in [0.25, 0.3) is 0 Å². The van der Waals surface area contributed by atoms with Gasteiger partial charge in [-0.25, -0.2) is 9.59 Å².